The molecule has 2 heterocycles. The summed E-state index contributed by atoms with van der Waals surface area (Å²) in [5.74, 6) is 0. The highest BCUT2D eigenvalue weighted by Gasteiger charge is 2.38. The molecule has 2 unspecified atom stereocenters. The molecule has 2 rings (SSSR count). The number of nitrogens with zero attached hydrogens (tertiary/aromatic N) is 1. The van der Waals surface area contributed by atoms with E-state index in [1.54, 1.807) is 0 Å². The molecule has 0 spiro atoms. The van der Waals surface area contributed by atoms with E-state index in [9.17, 15) is 0 Å². The summed E-state index contributed by atoms with van der Waals surface area (Å²) >= 11 is 0. The predicted molar refractivity (Wildman–Crippen MR) is 73.7 cm³/mol. The smallest absolute Gasteiger partial charge is 0.117 e. The highest BCUT2D eigenvalue weighted by molar-refractivity contribution is 5.85. The molecule has 2 saturated heterocycles. The summed E-state index contributed by atoms with van der Waals surface area (Å²) in [4.78, 5) is 2.47. The number of ether oxygens (including phenoxy) is 1. The molecule has 2 aliphatic rings. The summed E-state index contributed by atoms with van der Waals surface area (Å²) in [6.07, 6.45) is 3.77. The molecule has 0 saturated carbocycles. The molecule has 2 atom stereocenters. The fourth-order valence-electron chi connectivity index (χ4n) is 2.70. The second-order valence-corrected chi connectivity index (χ2v) is 6.52. The first-order valence-corrected chi connectivity index (χ1v) is 6.50. The van der Waals surface area contributed by atoms with Gasteiger partial charge in [0.15, 0.2) is 0 Å². The average Bonchev–Trinajstić information content (AvgIpc) is 2.58. The molecule has 17 heavy (non-hydrogen) atoms. The van der Waals surface area contributed by atoms with E-state index in [4.69, 9.17) is 4.74 Å². The molecule has 2 fully saturated rings. The van der Waals surface area contributed by atoms with Crippen LogP contribution in [0, 0.1) is 5.41 Å². The summed E-state index contributed by atoms with van der Waals surface area (Å²) in [5.41, 5.74) is 0.167. The first-order chi connectivity index (χ1) is 7.40. The highest BCUT2D eigenvalue weighted by Crippen LogP contribution is 2.30. The number of likely N-dealkylation sites (tertiary alicyclic amines) is 1. The Balaban J connectivity index is 0.00000144. The maximum absolute atomic E-state index is 6.05. The van der Waals surface area contributed by atoms with Gasteiger partial charge in [-0.25, -0.2) is 0 Å². The molecular formula is C13H27ClN2O. The van der Waals surface area contributed by atoms with Crippen molar-refractivity contribution < 1.29 is 4.74 Å². The molecule has 0 aromatic rings. The van der Waals surface area contributed by atoms with Gasteiger partial charge in [-0.1, -0.05) is 13.8 Å². The summed E-state index contributed by atoms with van der Waals surface area (Å²) < 4.78 is 6.05. The quantitative estimate of drug-likeness (QED) is 0.826. The molecule has 0 bridgehead atoms. The Bertz CT molecular complexity index is 248. The number of hydrogen-bond donors (Lipinski definition) is 1. The molecule has 2 aliphatic heterocycles. The molecule has 3 nitrogen and oxygen atoms in total. The van der Waals surface area contributed by atoms with Crippen molar-refractivity contribution in [2.75, 3.05) is 26.7 Å². The van der Waals surface area contributed by atoms with Gasteiger partial charge in [0.2, 0.25) is 0 Å². The lowest BCUT2D eigenvalue weighted by Crippen LogP contribution is -2.57. The molecule has 4 heteroatoms. The van der Waals surface area contributed by atoms with Crippen LogP contribution in [-0.2, 0) is 4.74 Å². The fourth-order valence-corrected chi connectivity index (χ4v) is 2.70. The van der Waals surface area contributed by atoms with Crippen molar-refractivity contribution in [1.29, 1.82) is 0 Å². The van der Waals surface area contributed by atoms with Crippen LogP contribution in [0.4, 0.5) is 0 Å². The van der Waals surface area contributed by atoms with Crippen LogP contribution in [0.3, 0.4) is 0 Å². The Hall–Kier alpha value is 0.170. The average molecular weight is 263 g/mol. The Morgan fingerprint density at radius 2 is 2.06 bits per heavy atom. The third-order valence-electron chi connectivity index (χ3n) is 4.02. The second kappa shape index (κ2) is 5.43. The fraction of sp³-hybridized carbons (Fsp3) is 1.00. The minimum absolute atomic E-state index is 0. The van der Waals surface area contributed by atoms with Crippen LogP contribution in [0.1, 0.15) is 40.0 Å². The number of halogens is 1. The van der Waals surface area contributed by atoms with Crippen LogP contribution in [0.15, 0.2) is 0 Å². The minimum atomic E-state index is -0.112. The Morgan fingerprint density at radius 3 is 2.53 bits per heavy atom. The zero-order valence-electron chi connectivity index (χ0n) is 11.6. The van der Waals surface area contributed by atoms with E-state index in [1.807, 2.05) is 0 Å². The zero-order chi connectivity index (χ0) is 11.8. The molecule has 1 N–H and O–H groups in total. The summed E-state index contributed by atoms with van der Waals surface area (Å²) in [7, 11) is 2.23. The van der Waals surface area contributed by atoms with E-state index in [1.165, 1.54) is 19.4 Å². The lowest BCUT2D eigenvalue weighted by Gasteiger charge is -2.44. The predicted octanol–water partition coefficient (Wildman–Crippen LogP) is 2.25. The lowest BCUT2D eigenvalue weighted by molar-refractivity contribution is -0.136. The number of nitrogens with one attached hydrogen (secondary N) is 1. The maximum atomic E-state index is 6.05. The van der Waals surface area contributed by atoms with Gasteiger partial charge in [-0.3, -0.25) is 5.32 Å². The topological polar surface area (TPSA) is 24.5 Å². The molecule has 0 aromatic carbocycles. The largest absolute Gasteiger partial charge is 0.360 e. The van der Waals surface area contributed by atoms with Crippen LogP contribution in [0.2, 0.25) is 0 Å². The normalized spacial score (nSPS) is 37.8. The van der Waals surface area contributed by atoms with Crippen molar-refractivity contribution >= 4 is 12.4 Å². The van der Waals surface area contributed by atoms with Crippen molar-refractivity contribution in [2.45, 2.75) is 51.8 Å². The van der Waals surface area contributed by atoms with Crippen molar-refractivity contribution in [2.24, 2.45) is 5.41 Å². The van der Waals surface area contributed by atoms with Gasteiger partial charge in [-0.05, 0) is 33.4 Å². The van der Waals surface area contributed by atoms with Crippen LogP contribution >= 0.6 is 12.4 Å². The Morgan fingerprint density at radius 1 is 1.35 bits per heavy atom. The molecule has 102 valence electrons. The van der Waals surface area contributed by atoms with Crippen molar-refractivity contribution in [3.05, 3.63) is 0 Å². The third-order valence-corrected chi connectivity index (χ3v) is 4.02. The summed E-state index contributed by atoms with van der Waals surface area (Å²) in [5, 5.41) is 3.58. The SMILES string of the molecule is CN1CCCC1CC1(C)NCC(C)(C)CO1.Cl. The first kappa shape index (κ1) is 15.2. The van der Waals surface area contributed by atoms with E-state index in [0.29, 0.717) is 6.04 Å². The van der Waals surface area contributed by atoms with Crippen LogP contribution in [0.5, 0.6) is 0 Å². The van der Waals surface area contributed by atoms with Gasteiger partial charge in [0.05, 0.1) is 6.61 Å². The summed E-state index contributed by atoms with van der Waals surface area (Å²) in [6, 6.07) is 0.693. The van der Waals surface area contributed by atoms with Crippen molar-refractivity contribution in [3.8, 4) is 0 Å². The standard InChI is InChI=1S/C13H26N2O.ClH/c1-12(2)9-14-13(3,16-10-12)8-11-6-5-7-15(11)4;/h11,14H,5-10H2,1-4H3;1H. The zero-order valence-corrected chi connectivity index (χ0v) is 12.4. The highest BCUT2D eigenvalue weighted by atomic mass is 35.5. The first-order valence-electron chi connectivity index (χ1n) is 6.50. The van der Waals surface area contributed by atoms with E-state index in [2.05, 4.69) is 38.0 Å². The van der Waals surface area contributed by atoms with Gasteiger partial charge in [0, 0.05) is 24.4 Å². The van der Waals surface area contributed by atoms with Crippen LogP contribution in [0.25, 0.3) is 0 Å². The van der Waals surface area contributed by atoms with Gasteiger partial charge in [-0.2, -0.15) is 0 Å². The Labute approximate surface area is 112 Å². The van der Waals surface area contributed by atoms with Gasteiger partial charge in [0.25, 0.3) is 0 Å². The molecular weight excluding hydrogens is 236 g/mol. The molecule has 0 amide bonds. The Kier molecular flexibility index (Phi) is 4.87. The molecule has 0 aromatic heterocycles. The molecule has 0 radical (unpaired) electrons. The van der Waals surface area contributed by atoms with E-state index >= 15 is 0 Å². The maximum Gasteiger partial charge on any atom is 0.117 e. The summed E-state index contributed by atoms with van der Waals surface area (Å²) in [6.45, 7) is 9.87. The number of rotatable bonds is 2. The van der Waals surface area contributed by atoms with Crippen molar-refractivity contribution in [3.63, 3.8) is 0 Å². The van der Waals surface area contributed by atoms with Gasteiger partial charge in [-0.15, -0.1) is 12.4 Å². The van der Waals surface area contributed by atoms with Gasteiger partial charge >= 0.3 is 0 Å². The van der Waals surface area contributed by atoms with Crippen molar-refractivity contribution in [1.82, 2.24) is 10.2 Å². The van der Waals surface area contributed by atoms with E-state index in [0.717, 1.165) is 19.6 Å². The van der Waals surface area contributed by atoms with Crippen LogP contribution in [-0.4, -0.2) is 43.4 Å². The van der Waals surface area contributed by atoms with Gasteiger partial charge < -0.3 is 9.64 Å². The number of hydrogen-bond acceptors (Lipinski definition) is 3. The monoisotopic (exact) mass is 262 g/mol. The van der Waals surface area contributed by atoms with Gasteiger partial charge in [0.1, 0.15) is 5.72 Å². The van der Waals surface area contributed by atoms with E-state index < -0.39 is 0 Å². The minimum Gasteiger partial charge on any atom is -0.360 e. The van der Waals surface area contributed by atoms with Crippen LogP contribution < -0.4 is 5.32 Å². The second-order valence-electron chi connectivity index (χ2n) is 6.52. The lowest BCUT2D eigenvalue weighted by atomic mass is 9.90. The molecule has 0 aliphatic carbocycles. The third kappa shape index (κ3) is 3.82. The van der Waals surface area contributed by atoms with E-state index in [-0.39, 0.29) is 23.5 Å².